The van der Waals surface area contributed by atoms with Crippen molar-refractivity contribution in [3.05, 3.63) is 48.0 Å². The molecule has 0 heterocycles. The number of allylic oxidation sites excluding steroid dienone is 1. The summed E-state index contributed by atoms with van der Waals surface area (Å²) in [5.41, 5.74) is 7.13. The third-order valence-electron chi connectivity index (χ3n) is 4.72. The van der Waals surface area contributed by atoms with Crippen LogP contribution in [0.2, 0.25) is 0 Å². The first-order valence-corrected chi connectivity index (χ1v) is 10.6. The SMILES string of the molecule is N[C@@H](CS)C(=O)C(/C=C\CCCCCc1ccccc1)C(O)CCCC(=O)O. The normalized spacial score (nSPS) is 14.7. The minimum atomic E-state index is -0.924. The number of ketones is 1. The van der Waals surface area contributed by atoms with E-state index in [1.54, 1.807) is 6.08 Å². The predicted molar refractivity (Wildman–Crippen MR) is 116 cm³/mol. The lowest BCUT2D eigenvalue weighted by Gasteiger charge is -2.21. The van der Waals surface area contributed by atoms with Crippen molar-refractivity contribution in [3.63, 3.8) is 0 Å². The molecule has 0 spiro atoms. The fourth-order valence-corrected chi connectivity index (χ4v) is 3.23. The van der Waals surface area contributed by atoms with Crippen LogP contribution < -0.4 is 5.73 Å². The highest BCUT2D eigenvalue weighted by Crippen LogP contribution is 2.17. The summed E-state index contributed by atoms with van der Waals surface area (Å²) in [6.45, 7) is 0. The van der Waals surface area contributed by atoms with E-state index >= 15 is 0 Å². The third kappa shape index (κ3) is 10.1. The number of thiol groups is 1. The number of rotatable bonds is 15. The Labute approximate surface area is 173 Å². The highest BCUT2D eigenvalue weighted by Gasteiger charge is 2.27. The van der Waals surface area contributed by atoms with E-state index in [1.807, 2.05) is 24.3 Å². The van der Waals surface area contributed by atoms with E-state index in [0.29, 0.717) is 6.42 Å². The monoisotopic (exact) mass is 407 g/mol. The van der Waals surface area contributed by atoms with Crippen LogP contribution in [0.1, 0.15) is 50.5 Å². The summed E-state index contributed by atoms with van der Waals surface area (Å²) in [6.07, 6.45) is 8.39. The van der Waals surface area contributed by atoms with Gasteiger partial charge in [-0.1, -0.05) is 48.9 Å². The largest absolute Gasteiger partial charge is 0.481 e. The molecule has 6 heteroatoms. The maximum absolute atomic E-state index is 12.4. The highest BCUT2D eigenvalue weighted by atomic mass is 32.1. The number of carbonyl (C=O) groups is 2. The molecule has 0 amide bonds. The van der Waals surface area contributed by atoms with Crippen molar-refractivity contribution in [2.75, 3.05) is 5.75 Å². The number of aliphatic hydroxyl groups excluding tert-OH is 1. The summed E-state index contributed by atoms with van der Waals surface area (Å²) >= 11 is 4.06. The molecule has 5 nitrogen and oxygen atoms in total. The standard InChI is InChI=1S/C22H33NO4S/c23-19(16-28)22(27)18(20(24)14-9-15-21(25)26)13-8-3-1-2-5-10-17-11-6-4-7-12-17/h4,6-8,11-13,18-20,24,28H,1-3,5,9-10,14-16,23H2,(H,25,26)/b13-8-/t18?,19-,20?/m0/s1. The van der Waals surface area contributed by atoms with Crippen LogP contribution in [-0.2, 0) is 16.0 Å². The highest BCUT2D eigenvalue weighted by molar-refractivity contribution is 7.80. The molecule has 1 rings (SSSR count). The number of carbonyl (C=O) groups excluding carboxylic acids is 1. The van der Waals surface area contributed by atoms with E-state index in [4.69, 9.17) is 10.8 Å². The number of unbranched alkanes of at least 4 members (excludes halogenated alkanes) is 3. The number of carboxylic acid groups (broad SMARTS) is 1. The van der Waals surface area contributed by atoms with Gasteiger partial charge in [0.05, 0.1) is 18.1 Å². The summed E-state index contributed by atoms with van der Waals surface area (Å²) in [5, 5.41) is 19.1. The Morgan fingerprint density at radius 2 is 1.82 bits per heavy atom. The number of hydrogen-bond acceptors (Lipinski definition) is 5. The number of nitrogens with two attached hydrogens (primary N) is 1. The van der Waals surface area contributed by atoms with Crippen molar-refractivity contribution in [2.24, 2.45) is 11.7 Å². The summed E-state index contributed by atoms with van der Waals surface area (Å²) < 4.78 is 0. The number of hydrogen-bond donors (Lipinski definition) is 4. The van der Waals surface area contributed by atoms with E-state index in [0.717, 1.165) is 32.1 Å². The fourth-order valence-electron chi connectivity index (χ4n) is 3.05. The Hall–Kier alpha value is -1.63. The van der Waals surface area contributed by atoms with Crippen LogP contribution in [0, 0.1) is 5.92 Å². The van der Waals surface area contributed by atoms with Gasteiger partial charge in [-0.05, 0) is 44.1 Å². The molecular weight excluding hydrogens is 374 g/mol. The molecule has 156 valence electrons. The Bertz CT molecular complexity index is 606. The number of aryl methyl sites for hydroxylation is 1. The third-order valence-corrected chi connectivity index (χ3v) is 5.11. The minimum Gasteiger partial charge on any atom is -0.481 e. The average molecular weight is 408 g/mol. The molecule has 0 saturated heterocycles. The van der Waals surface area contributed by atoms with Crippen LogP contribution in [0.15, 0.2) is 42.5 Å². The molecule has 0 aliphatic carbocycles. The molecule has 2 unspecified atom stereocenters. The molecule has 0 aliphatic heterocycles. The summed E-state index contributed by atoms with van der Waals surface area (Å²) in [4.78, 5) is 23.1. The first kappa shape index (κ1) is 24.4. The lowest BCUT2D eigenvalue weighted by atomic mass is 9.89. The summed E-state index contributed by atoms with van der Waals surface area (Å²) in [7, 11) is 0. The van der Waals surface area contributed by atoms with Crippen molar-refractivity contribution in [1.29, 1.82) is 0 Å². The Balaban J connectivity index is 2.43. The second kappa shape index (κ2) is 14.4. The predicted octanol–water partition coefficient (Wildman–Crippen LogP) is 3.40. The van der Waals surface area contributed by atoms with Crippen LogP contribution in [0.5, 0.6) is 0 Å². The van der Waals surface area contributed by atoms with E-state index in [2.05, 4.69) is 24.8 Å². The number of benzene rings is 1. The van der Waals surface area contributed by atoms with Crippen LogP contribution in [0.25, 0.3) is 0 Å². The van der Waals surface area contributed by atoms with Gasteiger partial charge in [-0.25, -0.2) is 0 Å². The minimum absolute atomic E-state index is 0.0261. The number of aliphatic hydroxyl groups is 1. The second-order valence-electron chi connectivity index (χ2n) is 7.08. The van der Waals surface area contributed by atoms with Crippen molar-refractivity contribution in [2.45, 2.75) is 63.5 Å². The molecule has 3 atom stereocenters. The summed E-state index contributed by atoms with van der Waals surface area (Å²) in [6, 6.07) is 9.64. The van der Waals surface area contributed by atoms with Crippen molar-refractivity contribution >= 4 is 24.4 Å². The molecular formula is C22H33NO4S. The molecule has 0 bridgehead atoms. The molecule has 0 aromatic heterocycles. The topological polar surface area (TPSA) is 101 Å². The van der Waals surface area contributed by atoms with Gasteiger partial charge in [0.1, 0.15) is 0 Å². The van der Waals surface area contributed by atoms with E-state index in [-0.39, 0.29) is 24.4 Å². The Morgan fingerprint density at radius 1 is 1.11 bits per heavy atom. The first-order chi connectivity index (χ1) is 13.5. The van der Waals surface area contributed by atoms with Gasteiger partial charge in [0, 0.05) is 12.2 Å². The van der Waals surface area contributed by atoms with Gasteiger partial charge < -0.3 is 15.9 Å². The molecule has 0 fully saturated rings. The van der Waals surface area contributed by atoms with Gasteiger partial charge in [0.15, 0.2) is 5.78 Å². The van der Waals surface area contributed by atoms with Gasteiger partial charge >= 0.3 is 5.97 Å². The zero-order valence-corrected chi connectivity index (χ0v) is 17.3. The van der Waals surface area contributed by atoms with Gasteiger partial charge in [0.25, 0.3) is 0 Å². The molecule has 0 aliphatic rings. The zero-order chi connectivity index (χ0) is 20.8. The smallest absolute Gasteiger partial charge is 0.303 e. The average Bonchev–Trinajstić information content (AvgIpc) is 2.69. The first-order valence-electron chi connectivity index (χ1n) is 9.96. The van der Waals surface area contributed by atoms with Crippen LogP contribution in [0.4, 0.5) is 0 Å². The van der Waals surface area contributed by atoms with Crippen molar-refractivity contribution in [1.82, 2.24) is 0 Å². The van der Waals surface area contributed by atoms with Gasteiger partial charge in [-0.2, -0.15) is 12.6 Å². The number of carboxylic acids is 1. The Kier molecular flexibility index (Phi) is 12.5. The second-order valence-corrected chi connectivity index (χ2v) is 7.45. The molecule has 1 aromatic rings. The fraction of sp³-hybridized carbons (Fsp3) is 0.545. The summed E-state index contributed by atoms with van der Waals surface area (Å²) in [5.74, 6) is -1.66. The Morgan fingerprint density at radius 3 is 2.46 bits per heavy atom. The quantitative estimate of drug-likeness (QED) is 0.203. The number of Topliss-reactive ketones (excluding diaryl/α,β-unsaturated/α-hetero) is 1. The van der Waals surface area contributed by atoms with Gasteiger partial charge in [-0.3, -0.25) is 9.59 Å². The lowest BCUT2D eigenvalue weighted by molar-refractivity contribution is -0.137. The molecule has 0 radical (unpaired) electrons. The van der Waals surface area contributed by atoms with Gasteiger partial charge in [0.2, 0.25) is 0 Å². The van der Waals surface area contributed by atoms with Crippen LogP contribution in [-0.4, -0.2) is 39.9 Å². The molecule has 4 N–H and O–H groups in total. The molecule has 1 aromatic carbocycles. The number of aliphatic carboxylic acids is 1. The van der Waals surface area contributed by atoms with Crippen molar-refractivity contribution in [3.8, 4) is 0 Å². The maximum atomic E-state index is 12.4. The van der Waals surface area contributed by atoms with E-state index in [9.17, 15) is 14.7 Å². The maximum Gasteiger partial charge on any atom is 0.303 e. The van der Waals surface area contributed by atoms with Gasteiger partial charge in [-0.15, -0.1) is 0 Å². The van der Waals surface area contributed by atoms with Crippen molar-refractivity contribution < 1.29 is 19.8 Å². The lowest BCUT2D eigenvalue weighted by Crippen LogP contribution is -2.41. The zero-order valence-electron chi connectivity index (χ0n) is 16.4. The van der Waals surface area contributed by atoms with Crippen LogP contribution >= 0.6 is 12.6 Å². The van der Waals surface area contributed by atoms with E-state index in [1.165, 1.54) is 5.56 Å². The molecule has 0 saturated carbocycles. The molecule has 28 heavy (non-hydrogen) atoms. The van der Waals surface area contributed by atoms with Crippen LogP contribution in [0.3, 0.4) is 0 Å². The van der Waals surface area contributed by atoms with E-state index < -0.39 is 24.0 Å².